The van der Waals surface area contributed by atoms with Gasteiger partial charge < -0.3 is 24.8 Å². The topological polar surface area (TPSA) is 0 Å². The fourth-order valence-electron chi connectivity index (χ4n) is 7.93. The standard InChI is InChI=1S/C21H12Cl2.C21H25.C5H5.2ClH.Zr/c22-20-11-3-7-16-14(5-1-9-18(16)20)13-15-6-2-10-19-17(15)8-4-12-21(19)23;1-20(2,3)16-9-7-14-11-15-8-10-17(21(4,5)6)13-19(15)18(14)12-16;1-2-4-5-3-1;;;/h1-12H;7,9-10,12-13H,11H2,1-6H3;1-5H;2*1H;/q;;;;;+2/p-2. The van der Waals surface area contributed by atoms with E-state index in [4.69, 9.17) is 23.2 Å². The second kappa shape index (κ2) is 14.8. The van der Waals surface area contributed by atoms with Crippen molar-refractivity contribution in [2.75, 3.05) is 0 Å². The third-order valence-corrected chi connectivity index (χ3v) is 19.1. The summed E-state index contributed by atoms with van der Waals surface area (Å²) in [5, 5.41) is 6.18. The Morgan fingerprint density at radius 1 is 0.577 bits per heavy atom. The Balaban J connectivity index is 0.00000232. The van der Waals surface area contributed by atoms with Crippen LogP contribution in [0.1, 0.15) is 74.9 Å². The first-order valence-electron chi connectivity index (χ1n) is 17.7. The quantitative estimate of drug-likeness (QED) is 0.181. The molecule has 2 aliphatic rings. The summed E-state index contributed by atoms with van der Waals surface area (Å²) in [6.45, 7) is 14.0. The number of allylic oxidation sites excluding steroid dienone is 4. The fourth-order valence-corrected chi connectivity index (χ4v) is 16.9. The number of fused-ring (bicyclic) bond motifs is 5. The maximum absolute atomic E-state index is 6.93. The van der Waals surface area contributed by atoms with Crippen molar-refractivity contribution >= 4 is 51.2 Å². The van der Waals surface area contributed by atoms with Gasteiger partial charge in [-0.15, -0.1) is 0 Å². The molecule has 0 saturated carbocycles. The predicted molar refractivity (Wildman–Crippen MR) is 215 cm³/mol. The van der Waals surface area contributed by atoms with Crippen LogP contribution in [0.15, 0.2) is 127 Å². The van der Waals surface area contributed by atoms with Crippen LogP contribution in [-0.4, -0.2) is 3.21 Å². The van der Waals surface area contributed by atoms with Crippen molar-refractivity contribution in [3.63, 3.8) is 0 Å². The second-order valence-electron chi connectivity index (χ2n) is 16.0. The molecule has 0 atom stereocenters. The third kappa shape index (κ3) is 6.87. The van der Waals surface area contributed by atoms with E-state index in [2.05, 4.69) is 157 Å². The van der Waals surface area contributed by atoms with Crippen LogP contribution in [-0.2, 0) is 38.5 Å². The molecule has 8 rings (SSSR count). The molecule has 52 heavy (non-hydrogen) atoms. The molecule has 0 N–H and O–H groups in total. The van der Waals surface area contributed by atoms with E-state index in [1.807, 2.05) is 12.1 Å². The van der Waals surface area contributed by atoms with Crippen molar-refractivity contribution in [1.82, 2.24) is 0 Å². The summed E-state index contributed by atoms with van der Waals surface area (Å²) in [6.07, 6.45) is 10.4. The number of hydrogen-bond donors (Lipinski definition) is 0. The van der Waals surface area contributed by atoms with Crippen LogP contribution >= 0.6 is 23.2 Å². The molecule has 262 valence electrons. The molecular weight excluding hydrogens is 798 g/mol. The van der Waals surface area contributed by atoms with E-state index in [1.165, 1.54) is 58.5 Å². The van der Waals surface area contributed by atoms with E-state index in [1.54, 1.807) is 3.27 Å². The van der Waals surface area contributed by atoms with Gasteiger partial charge in [0.15, 0.2) is 0 Å². The molecule has 6 aromatic rings. The predicted octanol–water partition coefficient (Wildman–Crippen LogP) is 6.90. The van der Waals surface area contributed by atoms with Gasteiger partial charge in [-0.2, -0.15) is 0 Å². The van der Waals surface area contributed by atoms with Crippen LogP contribution in [0.2, 0.25) is 13.7 Å². The summed E-state index contributed by atoms with van der Waals surface area (Å²) < 4.78 is 3.44. The number of benzene rings is 6. The first-order valence-corrected chi connectivity index (χ1v) is 22.3. The molecule has 0 nitrogen and oxygen atoms in total. The van der Waals surface area contributed by atoms with Gasteiger partial charge in [0, 0.05) is 0 Å². The van der Waals surface area contributed by atoms with Crippen LogP contribution in [0, 0.1) is 0 Å². The molecule has 0 radical (unpaired) electrons. The summed E-state index contributed by atoms with van der Waals surface area (Å²) in [4.78, 5) is 0. The third-order valence-electron chi connectivity index (χ3n) is 10.7. The average Bonchev–Trinajstić information content (AvgIpc) is 3.75. The number of halogens is 4. The van der Waals surface area contributed by atoms with E-state index in [0.717, 1.165) is 27.2 Å². The van der Waals surface area contributed by atoms with Gasteiger partial charge in [0.05, 0.1) is 0 Å². The Kier molecular flexibility index (Phi) is 11.1. The van der Waals surface area contributed by atoms with Crippen molar-refractivity contribution in [3.05, 3.63) is 171 Å². The van der Waals surface area contributed by atoms with Crippen LogP contribution in [0.3, 0.4) is 0 Å². The Morgan fingerprint density at radius 3 is 1.62 bits per heavy atom. The first kappa shape index (κ1) is 38.9. The molecule has 0 bridgehead atoms. The SMILES string of the molecule is CC(C)(C)c1ccc2c(c1)-c1cc(C(C)(C)C)c[c]([Zr+2](=[C](c3cccc4c(Cl)cccc34)c3cccc4c(Cl)cccc34)[CH]3C=CC=C3)c1C2.[Cl-].[Cl-]. The number of rotatable bonds is 4. The normalized spacial score (nSPS) is 13.4. The maximum atomic E-state index is 6.93. The molecule has 6 aromatic carbocycles. The van der Waals surface area contributed by atoms with Gasteiger partial charge in [0.25, 0.3) is 0 Å². The zero-order valence-corrected chi connectivity index (χ0v) is 35.9. The number of hydrogen-bond acceptors (Lipinski definition) is 0. The Bertz CT molecular complexity index is 2350. The Morgan fingerprint density at radius 2 is 1.08 bits per heavy atom. The molecule has 0 saturated heterocycles. The van der Waals surface area contributed by atoms with Crippen molar-refractivity contribution in [1.29, 1.82) is 0 Å². The molecule has 0 amide bonds. The van der Waals surface area contributed by atoms with E-state index in [0.29, 0.717) is 3.63 Å². The molecule has 0 fully saturated rings. The minimum atomic E-state index is -3.02. The Labute approximate surface area is 338 Å². The summed E-state index contributed by atoms with van der Waals surface area (Å²) in [7, 11) is 0. The maximum Gasteiger partial charge on any atom is -1.00 e. The smallest absolute Gasteiger partial charge is 1.00 e. The van der Waals surface area contributed by atoms with Crippen LogP contribution in [0.4, 0.5) is 0 Å². The molecule has 0 heterocycles. The van der Waals surface area contributed by atoms with Crippen LogP contribution < -0.4 is 28.1 Å². The van der Waals surface area contributed by atoms with E-state index in [9.17, 15) is 0 Å². The van der Waals surface area contributed by atoms with Gasteiger partial charge in [0.1, 0.15) is 0 Å². The van der Waals surface area contributed by atoms with Gasteiger partial charge in [-0.1, -0.05) is 0 Å². The molecule has 0 aromatic heterocycles. The second-order valence-corrected chi connectivity index (χ2v) is 23.0. The Hall–Kier alpha value is -2.77. The van der Waals surface area contributed by atoms with Gasteiger partial charge in [-0.25, -0.2) is 0 Å². The monoisotopic (exact) mass is 836 g/mol. The minimum Gasteiger partial charge on any atom is -1.00 e. The summed E-state index contributed by atoms with van der Waals surface area (Å²) in [6, 6.07) is 38.5. The molecule has 5 heteroatoms. The van der Waals surface area contributed by atoms with E-state index >= 15 is 0 Å². The summed E-state index contributed by atoms with van der Waals surface area (Å²) in [5.41, 5.74) is 11.3. The van der Waals surface area contributed by atoms with Gasteiger partial charge in [-0.3, -0.25) is 0 Å². The fraction of sp³-hybridized carbons (Fsp3) is 0.213. The minimum absolute atomic E-state index is 0. The zero-order valence-electron chi connectivity index (χ0n) is 30.4. The first-order chi connectivity index (χ1) is 23.9. The van der Waals surface area contributed by atoms with Crippen molar-refractivity contribution in [2.24, 2.45) is 0 Å². The van der Waals surface area contributed by atoms with Gasteiger partial charge in [0.2, 0.25) is 0 Å². The summed E-state index contributed by atoms with van der Waals surface area (Å²) >= 11 is 10.8. The van der Waals surface area contributed by atoms with Gasteiger partial charge in [-0.05, 0) is 0 Å². The molecular formula is C47H42Cl4Zr. The largest absolute Gasteiger partial charge is 1.00 e. The van der Waals surface area contributed by atoms with Crippen molar-refractivity contribution in [2.45, 2.75) is 62.4 Å². The van der Waals surface area contributed by atoms with Crippen LogP contribution in [0.5, 0.6) is 0 Å². The summed E-state index contributed by atoms with van der Waals surface area (Å²) in [5.74, 6) is 0. The van der Waals surface area contributed by atoms with Crippen LogP contribution in [0.25, 0.3) is 32.7 Å². The van der Waals surface area contributed by atoms with E-state index < -0.39 is 21.3 Å². The molecule has 0 unspecified atom stereocenters. The molecule has 2 aliphatic carbocycles. The van der Waals surface area contributed by atoms with Crippen molar-refractivity contribution in [3.8, 4) is 11.1 Å². The average molecular weight is 840 g/mol. The molecule has 0 aliphatic heterocycles. The van der Waals surface area contributed by atoms with E-state index in [-0.39, 0.29) is 35.6 Å². The van der Waals surface area contributed by atoms with Gasteiger partial charge >= 0.3 is 317 Å². The van der Waals surface area contributed by atoms with Crippen molar-refractivity contribution < 1.29 is 46.1 Å². The molecule has 0 spiro atoms. The zero-order chi connectivity index (χ0) is 34.9.